The Bertz CT molecular complexity index is 611. The van der Waals surface area contributed by atoms with Gasteiger partial charge in [0.05, 0.1) is 11.9 Å². The van der Waals surface area contributed by atoms with Crippen LogP contribution in [-0.2, 0) is 0 Å². The number of carbonyl (C=O) groups is 1. The number of pyridine rings is 1. The molecule has 0 saturated heterocycles. The highest BCUT2D eigenvalue weighted by atomic mass is 35.5. The SMILES string of the molecule is CCNc1ccc(C(=O)Nc2cc(Cl)ccc2C)nc1. The maximum absolute atomic E-state index is 12.1. The lowest BCUT2D eigenvalue weighted by Gasteiger charge is -2.09. The van der Waals surface area contributed by atoms with Crippen molar-refractivity contribution in [3.05, 3.63) is 52.8 Å². The Labute approximate surface area is 123 Å². The Morgan fingerprint density at radius 2 is 2.10 bits per heavy atom. The Kier molecular flexibility index (Phi) is 4.58. The third-order valence-electron chi connectivity index (χ3n) is 2.82. The topological polar surface area (TPSA) is 54.0 Å². The standard InChI is InChI=1S/C15H16ClN3O/c1-3-17-12-6-7-13(18-9-12)15(20)19-14-8-11(16)5-4-10(14)2/h4-9,17H,3H2,1-2H3,(H,19,20). The van der Waals surface area contributed by atoms with Gasteiger partial charge in [-0.3, -0.25) is 4.79 Å². The molecular formula is C15H16ClN3O. The minimum atomic E-state index is -0.251. The molecule has 0 aliphatic rings. The van der Waals surface area contributed by atoms with Crippen LogP contribution in [-0.4, -0.2) is 17.4 Å². The van der Waals surface area contributed by atoms with Crippen LogP contribution in [0.25, 0.3) is 0 Å². The quantitative estimate of drug-likeness (QED) is 0.902. The van der Waals surface area contributed by atoms with Gasteiger partial charge in [-0.15, -0.1) is 0 Å². The number of carbonyl (C=O) groups excluding carboxylic acids is 1. The summed E-state index contributed by atoms with van der Waals surface area (Å²) >= 11 is 5.93. The van der Waals surface area contributed by atoms with Gasteiger partial charge in [0.15, 0.2) is 0 Å². The minimum Gasteiger partial charge on any atom is -0.384 e. The summed E-state index contributed by atoms with van der Waals surface area (Å²) in [7, 11) is 0. The number of anilines is 2. The van der Waals surface area contributed by atoms with Gasteiger partial charge in [-0.05, 0) is 43.7 Å². The second kappa shape index (κ2) is 6.39. The monoisotopic (exact) mass is 289 g/mol. The highest BCUT2D eigenvalue weighted by Crippen LogP contribution is 2.20. The van der Waals surface area contributed by atoms with Crippen molar-refractivity contribution in [1.82, 2.24) is 4.98 Å². The fraction of sp³-hybridized carbons (Fsp3) is 0.200. The summed E-state index contributed by atoms with van der Waals surface area (Å²) in [5, 5.41) is 6.53. The van der Waals surface area contributed by atoms with Gasteiger partial charge in [-0.1, -0.05) is 17.7 Å². The molecule has 1 amide bonds. The van der Waals surface area contributed by atoms with Crippen molar-refractivity contribution in [2.75, 3.05) is 17.2 Å². The number of amides is 1. The molecule has 0 atom stereocenters. The molecule has 20 heavy (non-hydrogen) atoms. The molecule has 0 spiro atoms. The smallest absolute Gasteiger partial charge is 0.274 e. The Morgan fingerprint density at radius 1 is 1.30 bits per heavy atom. The molecule has 1 heterocycles. The summed E-state index contributed by atoms with van der Waals surface area (Å²) < 4.78 is 0. The van der Waals surface area contributed by atoms with Gasteiger partial charge in [0, 0.05) is 17.3 Å². The predicted octanol–water partition coefficient (Wildman–Crippen LogP) is 3.73. The van der Waals surface area contributed by atoms with E-state index in [-0.39, 0.29) is 5.91 Å². The molecule has 0 radical (unpaired) electrons. The van der Waals surface area contributed by atoms with Crippen LogP contribution in [0, 0.1) is 6.92 Å². The Hall–Kier alpha value is -2.07. The van der Waals surface area contributed by atoms with Crippen LogP contribution in [0.2, 0.25) is 5.02 Å². The zero-order valence-corrected chi connectivity index (χ0v) is 12.2. The fourth-order valence-corrected chi connectivity index (χ4v) is 1.92. The van der Waals surface area contributed by atoms with E-state index in [9.17, 15) is 4.79 Å². The summed E-state index contributed by atoms with van der Waals surface area (Å²) in [6.07, 6.45) is 1.64. The van der Waals surface area contributed by atoms with Crippen LogP contribution in [0.1, 0.15) is 23.0 Å². The van der Waals surface area contributed by atoms with Crippen molar-refractivity contribution in [2.45, 2.75) is 13.8 Å². The number of aryl methyl sites for hydroxylation is 1. The lowest BCUT2D eigenvalue weighted by atomic mass is 10.2. The number of nitrogens with one attached hydrogen (secondary N) is 2. The number of hydrogen-bond donors (Lipinski definition) is 2. The van der Waals surface area contributed by atoms with Crippen molar-refractivity contribution in [3.63, 3.8) is 0 Å². The minimum absolute atomic E-state index is 0.251. The lowest BCUT2D eigenvalue weighted by molar-refractivity contribution is 0.102. The van der Waals surface area contributed by atoms with Crippen LogP contribution in [0.15, 0.2) is 36.5 Å². The molecule has 0 saturated carbocycles. The molecule has 1 aromatic heterocycles. The molecule has 4 nitrogen and oxygen atoms in total. The van der Waals surface area contributed by atoms with Gasteiger partial charge >= 0.3 is 0 Å². The van der Waals surface area contributed by atoms with Crippen LogP contribution >= 0.6 is 11.6 Å². The zero-order valence-electron chi connectivity index (χ0n) is 11.4. The first-order chi connectivity index (χ1) is 9.60. The fourth-order valence-electron chi connectivity index (χ4n) is 1.75. The number of halogens is 1. The molecule has 0 fully saturated rings. The van der Waals surface area contributed by atoms with E-state index in [2.05, 4.69) is 15.6 Å². The number of benzene rings is 1. The van der Waals surface area contributed by atoms with Gasteiger partial charge < -0.3 is 10.6 Å². The van der Waals surface area contributed by atoms with E-state index in [4.69, 9.17) is 11.6 Å². The number of rotatable bonds is 4. The van der Waals surface area contributed by atoms with E-state index in [1.54, 1.807) is 24.4 Å². The molecule has 2 N–H and O–H groups in total. The molecule has 0 aliphatic heterocycles. The van der Waals surface area contributed by atoms with E-state index >= 15 is 0 Å². The first kappa shape index (κ1) is 14.3. The Balaban J connectivity index is 2.13. The summed E-state index contributed by atoms with van der Waals surface area (Å²) in [6.45, 7) is 4.73. The summed E-state index contributed by atoms with van der Waals surface area (Å²) in [4.78, 5) is 16.2. The first-order valence-electron chi connectivity index (χ1n) is 6.37. The van der Waals surface area contributed by atoms with Crippen LogP contribution in [0.3, 0.4) is 0 Å². The van der Waals surface area contributed by atoms with E-state index in [1.165, 1.54) is 0 Å². The number of aromatic nitrogens is 1. The highest BCUT2D eigenvalue weighted by Gasteiger charge is 2.09. The summed E-state index contributed by atoms with van der Waals surface area (Å²) in [5.74, 6) is -0.251. The molecule has 2 aromatic rings. The normalized spacial score (nSPS) is 10.2. The molecule has 2 rings (SSSR count). The molecular weight excluding hydrogens is 274 g/mol. The van der Waals surface area contributed by atoms with Crippen LogP contribution < -0.4 is 10.6 Å². The molecule has 104 valence electrons. The van der Waals surface area contributed by atoms with Gasteiger partial charge in [0.25, 0.3) is 5.91 Å². The van der Waals surface area contributed by atoms with Crippen LogP contribution in [0.4, 0.5) is 11.4 Å². The molecule has 0 aliphatic carbocycles. The first-order valence-corrected chi connectivity index (χ1v) is 6.75. The van der Waals surface area contributed by atoms with Gasteiger partial charge in [0.1, 0.15) is 5.69 Å². The molecule has 0 unspecified atom stereocenters. The summed E-state index contributed by atoms with van der Waals surface area (Å²) in [6, 6.07) is 8.89. The van der Waals surface area contributed by atoms with E-state index in [0.717, 1.165) is 17.8 Å². The average molecular weight is 290 g/mol. The van der Waals surface area contributed by atoms with Crippen molar-refractivity contribution >= 4 is 28.9 Å². The van der Waals surface area contributed by atoms with Crippen molar-refractivity contribution in [2.24, 2.45) is 0 Å². The van der Waals surface area contributed by atoms with Crippen molar-refractivity contribution in [1.29, 1.82) is 0 Å². The zero-order chi connectivity index (χ0) is 14.5. The van der Waals surface area contributed by atoms with Crippen molar-refractivity contribution < 1.29 is 4.79 Å². The number of hydrogen-bond acceptors (Lipinski definition) is 3. The number of nitrogens with zero attached hydrogens (tertiary/aromatic N) is 1. The van der Waals surface area contributed by atoms with Gasteiger partial charge in [-0.2, -0.15) is 0 Å². The third-order valence-corrected chi connectivity index (χ3v) is 3.06. The van der Waals surface area contributed by atoms with E-state index in [1.807, 2.05) is 26.0 Å². The molecule has 5 heteroatoms. The average Bonchev–Trinajstić information content (AvgIpc) is 2.44. The molecule has 1 aromatic carbocycles. The van der Waals surface area contributed by atoms with E-state index < -0.39 is 0 Å². The van der Waals surface area contributed by atoms with Gasteiger partial charge in [-0.25, -0.2) is 4.98 Å². The van der Waals surface area contributed by atoms with Gasteiger partial charge in [0.2, 0.25) is 0 Å². The second-order valence-electron chi connectivity index (χ2n) is 4.38. The Morgan fingerprint density at radius 3 is 2.75 bits per heavy atom. The maximum atomic E-state index is 12.1. The van der Waals surface area contributed by atoms with E-state index in [0.29, 0.717) is 16.4 Å². The predicted molar refractivity (Wildman–Crippen MR) is 82.5 cm³/mol. The lowest BCUT2D eigenvalue weighted by Crippen LogP contribution is -2.14. The summed E-state index contributed by atoms with van der Waals surface area (Å²) in [5.41, 5.74) is 2.90. The van der Waals surface area contributed by atoms with Crippen molar-refractivity contribution in [3.8, 4) is 0 Å². The maximum Gasteiger partial charge on any atom is 0.274 e. The van der Waals surface area contributed by atoms with Crippen LogP contribution in [0.5, 0.6) is 0 Å². The third kappa shape index (κ3) is 3.48. The molecule has 0 bridgehead atoms. The largest absolute Gasteiger partial charge is 0.384 e. The highest BCUT2D eigenvalue weighted by molar-refractivity contribution is 6.31. The second-order valence-corrected chi connectivity index (χ2v) is 4.81.